The van der Waals surface area contributed by atoms with E-state index in [-0.39, 0.29) is 22.2 Å². The van der Waals surface area contributed by atoms with Crippen molar-refractivity contribution in [2.45, 2.75) is 19.8 Å². The number of carbonyl (C=O) groups excluding carboxylic acids is 2. The lowest BCUT2D eigenvalue weighted by atomic mass is 9.99. The third-order valence-electron chi connectivity index (χ3n) is 4.92. The second-order valence-corrected chi connectivity index (χ2v) is 8.43. The van der Waals surface area contributed by atoms with Gasteiger partial charge in [-0.1, -0.05) is 34.5 Å². The van der Waals surface area contributed by atoms with Gasteiger partial charge in [-0.25, -0.2) is 0 Å². The van der Waals surface area contributed by atoms with E-state index in [9.17, 15) is 14.4 Å². The molecule has 3 rings (SSSR count). The van der Waals surface area contributed by atoms with E-state index in [1.165, 1.54) is 16.8 Å². The molecule has 0 spiro atoms. The highest BCUT2D eigenvalue weighted by Crippen LogP contribution is 2.22. The first-order chi connectivity index (χ1) is 13.3. The summed E-state index contributed by atoms with van der Waals surface area (Å²) in [5.41, 5.74) is 0.246. The summed E-state index contributed by atoms with van der Waals surface area (Å²) >= 11 is 9.40. The minimum Gasteiger partial charge on any atom is -0.339 e. The zero-order chi connectivity index (χ0) is 20.4. The fraction of sp³-hybridized carbons (Fsp3) is 0.350. The number of hydrogen-bond donors (Lipinski definition) is 1. The number of anilines is 1. The quantitative estimate of drug-likeness (QED) is 0.745. The van der Waals surface area contributed by atoms with Crippen LogP contribution in [-0.2, 0) is 7.05 Å². The summed E-state index contributed by atoms with van der Waals surface area (Å²) in [7, 11) is 1.55. The van der Waals surface area contributed by atoms with Crippen molar-refractivity contribution in [2.24, 2.45) is 13.0 Å². The largest absolute Gasteiger partial charge is 0.339 e. The molecule has 1 N–H and O–H groups in total. The molecule has 1 aromatic heterocycles. The lowest BCUT2D eigenvalue weighted by Gasteiger charge is -2.30. The molecule has 1 saturated heterocycles. The maximum atomic E-state index is 12.8. The molecule has 0 radical (unpaired) electrons. The molecule has 8 heteroatoms. The predicted octanol–water partition coefficient (Wildman–Crippen LogP) is 3.93. The van der Waals surface area contributed by atoms with Gasteiger partial charge in [0.1, 0.15) is 5.69 Å². The maximum Gasteiger partial charge on any atom is 0.274 e. The number of nitrogens with zero attached hydrogens (tertiary/aromatic N) is 2. The molecule has 0 aliphatic carbocycles. The van der Waals surface area contributed by atoms with Gasteiger partial charge in [-0.05, 0) is 43.0 Å². The van der Waals surface area contributed by atoms with Crippen LogP contribution in [0.15, 0.2) is 39.7 Å². The molecule has 2 aromatic rings. The molecule has 1 aromatic carbocycles. The van der Waals surface area contributed by atoms with Crippen LogP contribution in [0.5, 0.6) is 0 Å². The SMILES string of the molecule is CC1CCN(C(=O)c2cc(NC(=O)c3cc(Br)ccc3Cl)c(=O)n(C)c2)CC1. The van der Waals surface area contributed by atoms with Crippen LogP contribution in [-0.4, -0.2) is 34.4 Å². The van der Waals surface area contributed by atoms with Gasteiger partial charge in [0, 0.05) is 30.8 Å². The summed E-state index contributed by atoms with van der Waals surface area (Å²) in [4.78, 5) is 39.7. The smallest absolute Gasteiger partial charge is 0.274 e. The second kappa shape index (κ2) is 8.49. The Hall–Kier alpha value is -2.12. The molecule has 6 nitrogen and oxygen atoms in total. The summed E-state index contributed by atoms with van der Waals surface area (Å²) in [6, 6.07) is 6.32. The molecule has 1 fully saturated rings. The minimum atomic E-state index is -0.514. The van der Waals surface area contributed by atoms with E-state index >= 15 is 0 Å². The van der Waals surface area contributed by atoms with Crippen LogP contribution < -0.4 is 10.9 Å². The van der Waals surface area contributed by atoms with Crippen molar-refractivity contribution in [2.75, 3.05) is 18.4 Å². The molecule has 2 heterocycles. The third-order valence-corrected chi connectivity index (χ3v) is 5.75. The van der Waals surface area contributed by atoms with Crippen LogP contribution in [0.1, 0.15) is 40.5 Å². The average molecular weight is 467 g/mol. The number of amides is 2. The van der Waals surface area contributed by atoms with Crippen molar-refractivity contribution in [3.8, 4) is 0 Å². The predicted molar refractivity (Wildman–Crippen MR) is 113 cm³/mol. The van der Waals surface area contributed by atoms with Gasteiger partial charge in [0.15, 0.2) is 0 Å². The number of pyridine rings is 1. The molecule has 2 amide bonds. The van der Waals surface area contributed by atoms with Gasteiger partial charge in [-0.3, -0.25) is 14.4 Å². The van der Waals surface area contributed by atoms with Crippen LogP contribution in [0.25, 0.3) is 0 Å². The summed E-state index contributed by atoms with van der Waals surface area (Å²) < 4.78 is 2.00. The number of aryl methyl sites for hydroxylation is 1. The summed E-state index contributed by atoms with van der Waals surface area (Å²) in [5.74, 6) is -0.0488. The zero-order valence-corrected chi connectivity index (χ0v) is 18.0. The van der Waals surface area contributed by atoms with Gasteiger partial charge in [0.25, 0.3) is 17.4 Å². The Morgan fingerprint density at radius 1 is 1.21 bits per heavy atom. The molecule has 0 bridgehead atoms. The molecular weight excluding hydrogens is 446 g/mol. The van der Waals surface area contributed by atoms with Gasteiger partial charge in [-0.2, -0.15) is 0 Å². The Morgan fingerprint density at radius 2 is 1.89 bits per heavy atom. The minimum absolute atomic E-state index is 0.0415. The van der Waals surface area contributed by atoms with Crippen molar-refractivity contribution < 1.29 is 9.59 Å². The van der Waals surface area contributed by atoms with E-state index in [0.717, 1.165) is 12.8 Å². The Morgan fingerprint density at radius 3 is 2.57 bits per heavy atom. The second-order valence-electron chi connectivity index (χ2n) is 7.11. The Labute approximate surface area is 176 Å². The summed E-state index contributed by atoms with van der Waals surface area (Å²) in [5, 5.41) is 2.86. The molecular formula is C20H21BrClN3O3. The Balaban J connectivity index is 1.87. The number of nitrogens with one attached hydrogen (secondary N) is 1. The van der Waals surface area contributed by atoms with Crippen molar-refractivity contribution in [3.63, 3.8) is 0 Å². The summed E-state index contributed by atoms with van der Waals surface area (Å²) in [6.45, 7) is 3.56. The number of aromatic nitrogens is 1. The molecule has 1 aliphatic rings. The Bertz CT molecular complexity index is 981. The topological polar surface area (TPSA) is 71.4 Å². The lowest BCUT2D eigenvalue weighted by Crippen LogP contribution is -2.38. The molecule has 148 valence electrons. The van der Waals surface area contributed by atoms with Crippen LogP contribution >= 0.6 is 27.5 Å². The first-order valence-corrected chi connectivity index (χ1v) is 10.2. The van der Waals surface area contributed by atoms with Gasteiger partial charge < -0.3 is 14.8 Å². The number of likely N-dealkylation sites (tertiary alicyclic amines) is 1. The fourth-order valence-electron chi connectivity index (χ4n) is 3.17. The number of halogens is 2. The molecule has 0 unspecified atom stereocenters. The molecule has 1 aliphatic heterocycles. The average Bonchev–Trinajstić information content (AvgIpc) is 2.67. The first-order valence-electron chi connectivity index (χ1n) is 9.02. The molecule has 28 heavy (non-hydrogen) atoms. The van der Waals surface area contributed by atoms with Crippen LogP contribution in [0, 0.1) is 5.92 Å². The van der Waals surface area contributed by atoms with Gasteiger partial charge in [0.2, 0.25) is 0 Å². The molecule has 0 saturated carbocycles. The highest BCUT2D eigenvalue weighted by atomic mass is 79.9. The Kier molecular flexibility index (Phi) is 6.25. The lowest BCUT2D eigenvalue weighted by molar-refractivity contribution is 0.0696. The standard InChI is InChI=1S/C20H21BrClN3O3/c1-12-5-7-25(8-6-12)19(27)13-9-17(20(28)24(2)11-13)23-18(26)15-10-14(21)3-4-16(15)22/h3-4,9-12H,5-8H2,1-2H3,(H,23,26). The number of carbonyl (C=O) groups is 2. The molecule has 0 atom stereocenters. The highest BCUT2D eigenvalue weighted by molar-refractivity contribution is 9.10. The van der Waals surface area contributed by atoms with Crippen molar-refractivity contribution in [1.82, 2.24) is 9.47 Å². The van der Waals surface area contributed by atoms with Gasteiger partial charge >= 0.3 is 0 Å². The van der Waals surface area contributed by atoms with Gasteiger partial charge in [-0.15, -0.1) is 0 Å². The van der Waals surface area contributed by atoms with Gasteiger partial charge in [0.05, 0.1) is 16.1 Å². The van der Waals surface area contributed by atoms with E-state index in [1.807, 2.05) is 0 Å². The van der Waals surface area contributed by atoms with Crippen molar-refractivity contribution >= 4 is 45.0 Å². The van der Waals surface area contributed by atoms with Crippen LogP contribution in [0.2, 0.25) is 5.02 Å². The maximum absolute atomic E-state index is 12.8. The number of piperidine rings is 1. The van der Waals surface area contributed by atoms with Crippen LogP contribution in [0.3, 0.4) is 0 Å². The third kappa shape index (κ3) is 4.47. The van der Waals surface area contributed by atoms with E-state index in [0.29, 0.717) is 29.0 Å². The number of hydrogen-bond acceptors (Lipinski definition) is 3. The first kappa shape index (κ1) is 20.6. The zero-order valence-electron chi connectivity index (χ0n) is 15.7. The number of rotatable bonds is 3. The van der Waals surface area contributed by atoms with E-state index < -0.39 is 11.5 Å². The van der Waals surface area contributed by atoms with E-state index in [1.54, 1.807) is 30.1 Å². The van der Waals surface area contributed by atoms with E-state index in [4.69, 9.17) is 11.6 Å². The summed E-state index contributed by atoms with van der Waals surface area (Å²) in [6.07, 6.45) is 3.43. The van der Waals surface area contributed by atoms with Crippen molar-refractivity contribution in [3.05, 3.63) is 61.4 Å². The normalized spacial score (nSPS) is 14.8. The fourth-order valence-corrected chi connectivity index (χ4v) is 3.74. The number of benzene rings is 1. The van der Waals surface area contributed by atoms with Crippen molar-refractivity contribution in [1.29, 1.82) is 0 Å². The van der Waals surface area contributed by atoms with Crippen LogP contribution in [0.4, 0.5) is 5.69 Å². The van der Waals surface area contributed by atoms with E-state index in [2.05, 4.69) is 28.2 Å². The monoisotopic (exact) mass is 465 g/mol. The highest BCUT2D eigenvalue weighted by Gasteiger charge is 2.23.